The van der Waals surface area contributed by atoms with Gasteiger partial charge in [-0.3, -0.25) is 0 Å². The molecule has 0 nitrogen and oxygen atoms in total. The highest BCUT2D eigenvalue weighted by Crippen LogP contribution is 2.43. The molecule has 0 spiro atoms. The van der Waals surface area contributed by atoms with Gasteiger partial charge in [-0.1, -0.05) is 76.2 Å². The molecular weight excluding hydrogens is 326 g/mol. The number of hydrogen-bond acceptors (Lipinski definition) is 0. The molecule has 2 unspecified atom stereocenters. The molecule has 0 aromatic heterocycles. The summed E-state index contributed by atoms with van der Waals surface area (Å²) in [6.45, 7) is 2.26. The summed E-state index contributed by atoms with van der Waals surface area (Å²) in [6, 6.07) is 3.97. The number of halogens is 2. The topological polar surface area (TPSA) is 0 Å². The van der Waals surface area contributed by atoms with E-state index < -0.39 is 11.6 Å². The van der Waals surface area contributed by atoms with Crippen LogP contribution in [-0.2, 0) is 0 Å². The number of allylic oxidation sites excluding steroid dienone is 4. The third kappa shape index (κ3) is 5.05. The second-order valence-electron chi connectivity index (χ2n) is 8.21. The van der Waals surface area contributed by atoms with Gasteiger partial charge >= 0.3 is 0 Å². The van der Waals surface area contributed by atoms with Crippen LogP contribution in [0.25, 0.3) is 0 Å². The molecule has 2 atom stereocenters. The Morgan fingerprint density at radius 3 is 2.23 bits per heavy atom. The number of rotatable bonds is 7. The van der Waals surface area contributed by atoms with E-state index in [1.54, 1.807) is 0 Å². The fourth-order valence-corrected chi connectivity index (χ4v) is 4.90. The average Bonchev–Trinajstić information content (AvgIpc) is 2.65. The molecule has 2 aliphatic carbocycles. The lowest BCUT2D eigenvalue weighted by Gasteiger charge is -2.37. The van der Waals surface area contributed by atoms with Crippen molar-refractivity contribution in [1.29, 1.82) is 0 Å². The van der Waals surface area contributed by atoms with Crippen LogP contribution in [0, 0.1) is 29.4 Å². The van der Waals surface area contributed by atoms with Gasteiger partial charge < -0.3 is 0 Å². The zero-order chi connectivity index (χ0) is 18.4. The molecule has 2 heteroatoms. The van der Waals surface area contributed by atoms with Crippen LogP contribution < -0.4 is 0 Å². The maximum absolute atomic E-state index is 13.7. The van der Waals surface area contributed by atoms with E-state index >= 15 is 0 Å². The van der Waals surface area contributed by atoms with Gasteiger partial charge in [-0.2, -0.15) is 0 Å². The fourth-order valence-electron chi connectivity index (χ4n) is 4.90. The van der Waals surface area contributed by atoms with E-state index in [-0.39, 0.29) is 5.92 Å². The van der Waals surface area contributed by atoms with Crippen LogP contribution in [0.2, 0.25) is 0 Å². The lowest BCUT2D eigenvalue weighted by atomic mass is 9.68. The van der Waals surface area contributed by atoms with Crippen molar-refractivity contribution in [2.75, 3.05) is 0 Å². The monoisotopic (exact) mass is 358 g/mol. The number of benzene rings is 1. The molecule has 0 bridgehead atoms. The highest BCUT2D eigenvalue weighted by atomic mass is 19.1. The smallest absolute Gasteiger partial charge is 0.126 e. The van der Waals surface area contributed by atoms with Gasteiger partial charge in [0.2, 0.25) is 0 Å². The third-order valence-corrected chi connectivity index (χ3v) is 6.35. The van der Waals surface area contributed by atoms with E-state index in [4.69, 9.17) is 0 Å². The average molecular weight is 359 g/mol. The van der Waals surface area contributed by atoms with E-state index in [2.05, 4.69) is 25.2 Å². The Kier molecular flexibility index (Phi) is 7.05. The molecule has 0 aliphatic heterocycles. The van der Waals surface area contributed by atoms with Crippen molar-refractivity contribution in [1.82, 2.24) is 0 Å². The van der Waals surface area contributed by atoms with Crippen LogP contribution in [0.4, 0.5) is 8.78 Å². The summed E-state index contributed by atoms with van der Waals surface area (Å²) in [5.41, 5.74) is 0.773. The predicted octanol–water partition coefficient (Wildman–Crippen LogP) is 7.57. The standard InChI is InChI=1S/C24H32F2/c1-2-3-4-5-8-18-11-13-19(14-12-18)23-9-6-7-10-24(23)20-15-21(25)17-22(26)16-20/h6-7,9-10,15-19,23-24H,2-5,8,11-14H2,1H3/t18-,19-,23?,24?. The first-order chi connectivity index (χ1) is 12.7. The Morgan fingerprint density at radius 1 is 0.846 bits per heavy atom. The highest BCUT2D eigenvalue weighted by Gasteiger charge is 2.32. The van der Waals surface area contributed by atoms with E-state index in [9.17, 15) is 8.78 Å². The molecule has 2 aliphatic rings. The zero-order valence-electron chi connectivity index (χ0n) is 16.0. The Balaban J connectivity index is 1.59. The Morgan fingerprint density at radius 2 is 1.54 bits per heavy atom. The van der Waals surface area contributed by atoms with Crippen LogP contribution in [0.15, 0.2) is 42.5 Å². The van der Waals surface area contributed by atoms with Crippen molar-refractivity contribution in [2.24, 2.45) is 17.8 Å². The highest BCUT2D eigenvalue weighted by molar-refractivity contribution is 5.32. The molecule has 0 saturated heterocycles. The SMILES string of the molecule is CCCCCC[C@H]1CC[C@H](C2C=CC=CC2c2cc(F)cc(F)c2)CC1. The lowest BCUT2D eigenvalue weighted by Crippen LogP contribution is -2.25. The van der Waals surface area contributed by atoms with Gasteiger partial charge in [-0.05, 0) is 48.3 Å². The zero-order valence-corrected chi connectivity index (χ0v) is 16.0. The van der Waals surface area contributed by atoms with Gasteiger partial charge in [0.15, 0.2) is 0 Å². The summed E-state index contributed by atoms with van der Waals surface area (Å²) >= 11 is 0. The molecular formula is C24H32F2. The van der Waals surface area contributed by atoms with Gasteiger partial charge in [0.1, 0.15) is 11.6 Å². The third-order valence-electron chi connectivity index (χ3n) is 6.35. The summed E-state index contributed by atoms with van der Waals surface area (Å²) in [4.78, 5) is 0. The minimum atomic E-state index is -0.475. The first-order valence-electron chi connectivity index (χ1n) is 10.5. The van der Waals surface area contributed by atoms with Crippen molar-refractivity contribution >= 4 is 0 Å². The molecule has 0 N–H and O–H groups in total. The molecule has 26 heavy (non-hydrogen) atoms. The summed E-state index contributed by atoms with van der Waals surface area (Å²) < 4.78 is 27.4. The predicted molar refractivity (Wildman–Crippen MR) is 105 cm³/mol. The van der Waals surface area contributed by atoms with Crippen molar-refractivity contribution in [3.63, 3.8) is 0 Å². The molecule has 3 rings (SSSR count). The summed E-state index contributed by atoms with van der Waals surface area (Å²) in [6.07, 6.45) is 20.4. The minimum absolute atomic E-state index is 0.0938. The van der Waals surface area contributed by atoms with Gasteiger partial charge in [-0.15, -0.1) is 0 Å². The van der Waals surface area contributed by atoms with Gasteiger partial charge in [0.25, 0.3) is 0 Å². The normalized spacial score (nSPS) is 28.4. The van der Waals surface area contributed by atoms with Crippen molar-refractivity contribution in [3.8, 4) is 0 Å². The van der Waals surface area contributed by atoms with Crippen LogP contribution in [0.5, 0.6) is 0 Å². The van der Waals surface area contributed by atoms with Crippen LogP contribution >= 0.6 is 0 Å². The summed E-state index contributed by atoms with van der Waals surface area (Å²) in [5, 5.41) is 0. The maximum atomic E-state index is 13.7. The van der Waals surface area contributed by atoms with Crippen molar-refractivity contribution in [3.05, 3.63) is 59.7 Å². The van der Waals surface area contributed by atoms with Gasteiger partial charge in [0, 0.05) is 12.0 Å². The van der Waals surface area contributed by atoms with Crippen molar-refractivity contribution < 1.29 is 8.78 Å². The lowest BCUT2D eigenvalue weighted by molar-refractivity contribution is 0.209. The Hall–Kier alpha value is -1.44. The van der Waals surface area contributed by atoms with E-state index in [1.165, 1.54) is 69.9 Å². The number of unbranched alkanes of at least 4 members (excludes halogenated alkanes) is 3. The Labute approximate surface area is 157 Å². The molecule has 0 amide bonds. The van der Waals surface area contributed by atoms with Gasteiger partial charge in [0.05, 0.1) is 0 Å². The number of hydrogen-bond donors (Lipinski definition) is 0. The van der Waals surface area contributed by atoms with Crippen LogP contribution in [-0.4, -0.2) is 0 Å². The van der Waals surface area contributed by atoms with E-state index in [0.717, 1.165) is 17.5 Å². The summed E-state index contributed by atoms with van der Waals surface area (Å²) in [5.74, 6) is 1.02. The first kappa shape index (κ1) is 19.3. The molecule has 0 radical (unpaired) electrons. The second kappa shape index (κ2) is 9.48. The molecule has 142 valence electrons. The second-order valence-corrected chi connectivity index (χ2v) is 8.21. The molecule has 1 saturated carbocycles. The first-order valence-corrected chi connectivity index (χ1v) is 10.5. The minimum Gasteiger partial charge on any atom is -0.207 e. The summed E-state index contributed by atoms with van der Waals surface area (Å²) in [7, 11) is 0. The largest absolute Gasteiger partial charge is 0.207 e. The maximum Gasteiger partial charge on any atom is 0.126 e. The molecule has 0 heterocycles. The molecule has 1 fully saturated rings. The van der Waals surface area contributed by atoms with Crippen LogP contribution in [0.3, 0.4) is 0 Å². The van der Waals surface area contributed by atoms with E-state index in [0.29, 0.717) is 11.8 Å². The fraction of sp³-hybridized carbons (Fsp3) is 0.583. The van der Waals surface area contributed by atoms with E-state index in [1.807, 2.05) is 6.08 Å². The molecule has 1 aromatic rings. The quantitative estimate of drug-likeness (QED) is 0.441. The molecule has 1 aromatic carbocycles. The van der Waals surface area contributed by atoms with Gasteiger partial charge in [-0.25, -0.2) is 8.78 Å². The van der Waals surface area contributed by atoms with Crippen LogP contribution in [0.1, 0.15) is 76.2 Å². The Bertz CT molecular complexity index is 603. The van der Waals surface area contributed by atoms with Crippen molar-refractivity contribution in [2.45, 2.75) is 70.6 Å².